The van der Waals surface area contributed by atoms with Crippen LogP contribution in [0.5, 0.6) is 11.6 Å². The first-order chi connectivity index (χ1) is 15.5. The molecular formula is C24H25N5O3. The lowest BCUT2D eigenvalue weighted by Gasteiger charge is -2.23. The first-order valence-corrected chi connectivity index (χ1v) is 10.8. The quantitative estimate of drug-likeness (QED) is 0.348. The summed E-state index contributed by atoms with van der Waals surface area (Å²) in [5, 5.41) is 17.4. The number of rotatable bonds is 4. The van der Waals surface area contributed by atoms with Gasteiger partial charge in [0.1, 0.15) is 11.4 Å². The van der Waals surface area contributed by atoms with Crippen LogP contribution in [0.15, 0.2) is 43.0 Å². The van der Waals surface area contributed by atoms with Crippen LogP contribution in [-0.2, 0) is 4.74 Å². The molecule has 0 aliphatic carbocycles. The molecule has 1 atom stereocenters. The van der Waals surface area contributed by atoms with Crippen molar-refractivity contribution in [2.45, 2.75) is 46.3 Å². The van der Waals surface area contributed by atoms with Gasteiger partial charge in [0.2, 0.25) is 5.88 Å². The molecule has 0 N–H and O–H groups in total. The zero-order valence-corrected chi connectivity index (χ0v) is 18.4. The number of aryl methyl sites for hydroxylation is 2. The highest BCUT2D eigenvalue weighted by atomic mass is 16.5. The van der Waals surface area contributed by atoms with E-state index in [1.807, 2.05) is 42.8 Å². The number of fused-ring (bicyclic) bond motifs is 1. The maximum Gasteiger partial charge on any atom is 0.289 e. The first-order valence-electron chi connectivity index (χ1n) is 10.8. The van der Waals surface area contributed by atoms with Crippen molar-refractivity contribution in [1.29, 1.82) is 0 Å². The predicted octanol–water partition coefficient (Wildman–Crippen LogP) is 4.54. The molecule has 5 rings (SSSR count). The minimum absolute atomic E-state index is 0.0484. The van der Waals surface area contributed by atoms with E-state index >= 15 is 0 Å². The Morgan fingerprint density at radius 2 is 2.03 bits per heavy atom. The Balaban J connectivity index is 1.47. The second kappa shape index (κ2) is 8.20. The molecule has 1 aliphatic rings. The summed E-state index contributed by atoms with van der Waals surface area (Å²) < 4.78 is 14.8. The van der Waals surface area contributed by atoms with Crippen LogP contribution in [-0.4, -0.2) is 26.4 Å². The Morgan fingerprint density at radius 3 is 2.81 bits per heavy atom. The van der Waals surface area contributed by atoms with Crippen molar-refractivity contribution >= 4 is 10.9 Å². The maximum absolute atomic E-state index is 12.0. The molecule has 4 aromatic rings. The number of nitrogens with zero attached hydrogens (tertiary/aromatic N) is 5. The Bertz CT molecular complexity index is 1290. The third-order valence-electron chi connectivity index (χ3n) is 6.01. The standard InChI is InChI=1S/C24H25N5O3/c1-15-12-18(7-8-19(15)23-16(2)26-14-28(30)17(23)3)32-24-20-13-27-29(21(20)9-10-25-24)22-6-4-5-11-31-22/h7-10,12-14,22H,4-6,11H2,1-3H3. The minimum Gasteiger partial charge on any atom is -0.711 e. The van der Waals surface area contributed by atoms with Crippen molar-refractivity contribution in [1.82, 2.24) is 19.7 Å². The fourth-order valence-electron chi connectivity index (χ4n) is 4.32. The summed E-state index contributed by atoms with van der Waals surface area (Å²) in [6.45, 7) is 6.47. The van der Waals surface area contributed by atoms with Crippen molar-refractivity contribution in [3.8, 4) is 22.8 Å². The number of hydrogen-bond acceptors (Lipinski definition) is 6. The van der Waals surface area contributed by atoms with Gasteiger partial charge in [-0.1, -0.05) is 11.1 Å². The summed E-state index contributed by atoms with van der Waals surface area (Å²) in [6.07, 6.45) is 7.94. The Labute approximate surface area is 186 Å². The molecule has 32 heavy (non-hydrogen) atoms. The highest BCUT2D eigenvalue weighted by molar-refractivity contribution is 5.83. The lowest BCUT2D eigenvalue weighted by atomic mass is 9.98. The smallest absolute Gasteiger partial charge is 0.289 e. The van der Waals surface area contributed by atoms with Gasteiger partial charge in [-0.05, 0) is 62.4 Å². The highest BCUT2D eigenvalue weighted by Crippen LogP contribution is 2.34. The van der Waals surface area contributed by atoms with Gasteiger partial charge in [-0.2, -0.15) is 5.10 Å². The zero-order chi connectivity index (χ0) is 22.2. The van der Waals surface area contributed by atoms with E-state index in [-0.39, 0.29) is 6.23 Å². The maximum atomic E-state index is 12.0. The number of pyridine rings is 1. The van der Waals surface area contributed by atoms with Crippen LogP contribution in [0.4, 0.5) is 0 Å². The second-order valence-electron chi connectivity index (χ2n) is 8.15. The molecule has 1 fully saturated rings. The van der Waals surface area contributed by atoms with Crippen LogP contribution in [0.3, 0.4) is 0 Å². The normalized spacial score (nSPS) is 16.4. The average Bonchev–Trinajstić information content (AvgIpc) is 3.24. The summed E-state index contributed by atoms with van der Waals surface area (Å²) in [5.41, 5.74) is 5.17. The molecule has 164 valence electrons. The van der Waals surface area contributed by atoms with Crippen molar-refractivity contribution in [3.63, 3.8) is 0 Å². The topological polar surface area (TPSA) is 89.0 Å². The van der Waals surface area contributed by atoms with E-state index in [2.05, 4.69) is 15.1 Å². The average molecular weight is 431 g/mol. The van der Waals surface area contributed by atoms with Crippen LogP contribution in [0.1, 0.15) is 42.4 Å². The van der Waals surface area contributed by atoms with E-state index in [9.17, 15) is 5.21 Å². The van der Waals surface area contributed by atoms with E-state index in [1.165, 1.54) is 6.33 Å². The van der Waals surface area contributed by atoms with Crippen LogP contribution in [0.2, 0.25) is 0 Å². The molecule has 8 nitrogen and oxygen atoms in total. The SMILES string of the molecule is Cc1cc(Oc2nccc3c2cnn3C2CCCCO2)ccc1-c1c(C)nc[n+]([O-])c1C. The van der Waals surface area contributed by atoms with Gasteiger partial charge in [0.15, 0.2) is 11.9 Å². The fourth-order valence-corrected chi connectivity index (χ4v) is 4.32. The van der Waals surface area contributed by atoms with Crippen molar-refractivity contribution in [2.24, 2.45) is 0 Å². The van der Waals surface area contributed by atoms with Gasteiger partial charge in [-0.25, -0.2) is 14.4 Å². The summed E-state index contributed by atoms with van der Waals surface area (Å²) in [7, 11) is 0. The van der Waals surface area contributed by atoms with Gasteiger partial charge in [-0.3, -0.25) is 0 Å². The zero-order valence-electron chi connectivity index (χ0n) is 18.4. The van der Waals surface area contributed by atoms with Crippen molar-refractivity contribution in [2.75, 3.05) is 6.61 Å². The molecular weight excluding hydrogens is 406 g/mol. The van der Waals surface area contributed by atoms with Crippen LogP contribution >= 0.6 is 0 Å². The molecule has 1 aliphatic heterocycles. The highest BCUT2D eigenvalue weighted by Gasteiger charge is 2.21. The molecule has 0 bridgehead atoms. The number of ether oxygens (including phenoxy) is 2. The molecule has 0 spiro atoms. The molecule has 0 saturated carbocycles. The van der Waals surface area contributed by atoms with Gasteiger partial charge in [0, 0.05) is 19.7 Å². The molecule has 1 saturated heterocycles. The molecule has 0 amide bonds. The molecule has 4 heterocycles. The Kier molecular flexibility index (Phi) is 5.22. The van der Waals surface area contributed by atoms with Crippen LogP contribution in [0.25, 0.3) is 22.0 Å². The molecule has 1 aromatic carbocycles. The molecule has 0 radical (unpaired) electrons. The monoisotopic (exact) mass is 431 g/mol. The van der Waals surface area contributed by atoms with Crippen molar-refractivity contribution in [3.05, 3.63) is 65.1 Å². The molecule has 3 aromatic heterocycles. The van der Waals surface area contributed by atoms with E-state index in [4.69, 9.17) is 9.47 Å². The summed E-state index contributed by atoms with van der Waals surface area (Å²) >= 11 is 0. The van der Waals surface area contributed by atoms with E-state index in [0.717, 1.165) is 63.9 Å². The Hall–Kier alpha value is -3.52. The third-order valence-corrected chi connectivity index (χ3v) is 6.01. The number of benzene rings is 1. The summed E-state index contributed by atoms with van der Waals surface area (Å²) in [4.78, 5) is 8.65. The van der Waals surface area contributed by atoms with Crippen molar-refractivity contribution < 1.29 is 14.2 Å². The first kappa shape index (κ1) is 20.4. The summed E-state index contributed by atoms with van der Waals surface area (Å²) in [5.74, 6) is 1.17. The fraction of sp³-hybridized carbons (Fsp3) is 0.333. The van der Waals surface area contributed by atoms with E-state index in [1.54, 1.807) is 19.3 Å². The van der Waals surface area contributed by atoms with Gasteiger partial charge in [0.05, 0.1) is 22.7 Å². The van der Waals surface area contributed by atoms with Crippen LogP contribution in [0, 0.1) is 26.0 Å². The van der Waals surface area contributed by atoms with Gasteiger partial charge in [-0.15, -0.1) is 0 Å². The largest absolute Gasteiger partial charge is 0.711 e. The lowest BCUT2D eigenvalue weighted by molar-refractivity contribution is -0.615. The molecule has 1 unspecified atom stereocenters. The lowest BCUT2D eigenvalue weighted by Crippen LogP contribution is -2.31. The predicted molar refractivity (Wildman–Crippen MR) is 119 cm³/mol. The van der Waals surface area contributed by atoms with Crippen LogP contribution < -0.4 is 9.47 Å². The third kappa shape index (κ3) is 3.56. The minimum atomic E-state index is -0.0484. The van der Waals surface area contributed by atoms with Gasteiger partial charge < -0.3 is 14.7 Å². The molecule has 8 heteroatoms. The van der Waals surface area contributed by atoms with E-state index < -0.39 is 0 Å². The Morgan fingerprint density at radius 1 is 1.16 bits per heavy atom. The number of aromatic nitrogens is 5. The van der Waals surface area contributed by atoms with E-state index in [0.29, 0.717) is 17.3 Å². The second-order valence-corrected chi connectivity index (χ2v) is 8.15. The van der Waals surface area contributed by atoms with Gasteiger partial charge in [0.25, 0.3) is 6.33 Å². The summed E-state index contributed by atoms with van der Waals surface area (Å²) in [6, 6.07) is 7.73. The number of hydrogen-bond donors (Lipinski definition) is 0. The van der Waals surface area contributed by atoms with Gasteiger partial charge >= 0.3 is 0 Å².